The number of nitriles is 1. The molecule has 2 aromatic rings. The summed E-state index contributed by atoms with van der Waals surface area (Å²) in [6.07, 6.45) is 3.68. The van der Waals surface area contributed by atoms with Gasteiger partial charge in [0.1, 0.15) is 6.07 Å². The summed E-state index contributed by atoms with van der Waals surface area (Å²) >= 11 is 0. The van der Waals surface area contributed by atoms with E-state index in [-0.39, 0.29) is 18.1 Å². The summed E-state index contributed by atoms with van der Waals surface area (Å²) in [5.74, 6) is 0.165. The van der Waals surface area contributed by atoms with E-state index >= 15 is 0 Å². The molecule has 106 valence electrons. The fourth-order valence-electron chi connectivity index (χ4n) is 1.77. The smallest absolute Gasteiger partial charge is 0.239 e. The number of hydrogen-bond donors (Lipinski definition) is 2. The van der Waals surface area contributed by atoms with Gasteiger partial charge in [-0.25, -0.2) is 9.97 Å². The van der Waals surface area contributed by atoms with Crippen LogP contribution in [-0.4, -0.2) is 29.0 Å². The zero-order chi connectivity index (χ0) is 14.9. The van der Waals surface area contributed by atoms with Crippen molar-refractivity contribution >= 4 is 11.7 Å². The lowest BCUT2D eigenvalue weighted by Crippen LogP contribution is -2.31. The molecule has 6 heteroatoms. The number of hydrogen-bond acceptors (Lipinski definition) is 5. The molecule has 0 bridgehead atoms. The Kier molecular flexibility index (Phi) is 5.24. The van der Waals surface area contributed by atoms with Crippen molar-refractivity contribution in [3.8, 4) is 6.07 Å². The summed E-state index contributed by atoms with van der Waals surface area (Å²) < 4.78 is 0. The predicted molar refractivity (Wildman–Crippen MR) is 78.4 cm³/mol. The van der Waals surface area contributed by atoms with Gasteiger partial charge >= 0.3 is 0 Å². The minimum absolute atomic E-state index is 0.0577. The fourth-order valence-corrected chi connectivity index (χ4v) is 1.77. The largest absolute Gasteiger partial charge is 0.359 e. The van der Waals surface area contributed by atoms with Gasteiger partial charge in [0.05, 0.1) is 6.54 Å². The third-order valence-corrected chi connectivity index (χ3v) is 2.80. The monoisotopic (exact) mass is 281 g/mol. The van der Waals surface area contributed by atoms with Crippen molar-refractivity contribution in [2.24, 2.45) is 0 Å². The molecule has 1 heterocycles. The van der Waals surface area contributed by atoms with Crippen LogP contribution in [0.1, 0.15) is 11.3 Å². The van der Waals surface area contributed by atoms with Gasteiger partial charge < -0.3 is 10.6 Å². The van der Waals surface area contributed by atoms with Gasteiger partial charge in [-0.1, -0.05) is 30.3 Å². The van der Waals surface area contributed by atoms with Crippen LogP contribution in [0, 0.1) is 11.3 Å². The average Bonchev–Trinajstić information content (AvgIpc) is 2.54. The van der Waals surface area contributed by atoms with Gasteiger partial charge in [-0.2, -0.15) is 5.26 Å². The Morgan fingerprint density at radius 1 is 1.19 bits per heavy atom. The number of nitrogens with zero attached hydrogens (tertiary/aromatic N) is 3. The van der Waals surface area contributed by atoms with E-state index in [1.807, 2.05) is 36.4 Å². The zero-order valence-corrected chi connectivity index (χ0v) is 11.4. The van der Waals surface area contributed by atoms with Crippen molar-refractivity contribution in [2.75, 3.05) is 18.4 Å². The maximum Gasteiger partial charge on any atom is 0.239 e. The van der Waals surface area contributed by atoms with Crippen LogP contribution in [0.15, 0.2) is 42.7 Å². The van der Waals surface area contributed by atoms with Crippen LogP contribution in [0.25, 0.3) is 0 Å². The summed E-state index contributed by atoms with van der Waals surface area (Å²) in [4.78, 5) is 19.5. The first-order chi connectivity index (χ1) is 10.3. The molecule has 1 amide bonds. The number of nitrogens with one attached hydrogen (secondary N) is 2. The number of rotatable bonds is 6. The molecular formula is C15H15N5O. The van der Waals surface area contributed by atoms with E-state index in [0.717, 1.165) is 6.42 Å². The Balaban J connectivity index is 1.74. The van der Waals surface area contributed by atoms with Crippen molar-refractivity contribution in [3.63, 3.8) is 0 Å². The number of carbonyl (C=O) groups is 1. The highest BCUT2D eigenvalue weighted by Gasteiger charge is 2.06. The summed E-state index contributed by atoms with van der Waals surface area (Å²) in [7, 11) is 0. The maximum atomic E-state index is 11.7. The van der Waals surface area contributed by atoms with Crippen molar-refractivity contribution in [2.45, 2.75) is 6.42 Å². The van der Waals surface area contributed by atoms with Crippen molar-refractivity contribution in [1.29, 1.82) is 5.26 Å². The van der Waals surface area contributed by atoms with Gasteiger partial charge in [-0.3, -0.25) is 4.79 Å². The topological polar surface area (TPSA) is 90.7 Å². The Morgan fingerprint density at radius 2 is 1.95 bits per heavy atom. The molecule has 2 rings (SSSR count). The van der Waals surface area contributed by atoms with E-state index in [0.29, 0.717) is 12.4 Å². The predicted octanol–water partition coefficient (Wildman–Crippen LogP) is 1.12. The molecule has 0 atom stereocenters. The number of benzene rings is 1. The standard InChI is InChI=1S/C15H15N5O/c16-10-13-15(19-9-8-17-13)20-11-14(21)18-7-6-12-4-2-1-3-5-12/h1-5,8-9H,6-7,11H2,(H,18,21)(H,19,20). The van der Waals surface area contributed by atoms with Gasteiger partial charge in [0.15, 0.2) is 11.5 Å². The Hall–Kier alpha value is -2.94. The number of anilines is 1. The lowest BCUT2D eigenvalue weighted by atomic mass is 10.1. The summed E-state index contributed by atoms with van der Waals surface area (Å²) in [5, 5.41) is 14.5. The molecule has 0 unspecified atom stereocenters. The summed E-state index contributed by atoms with van der Waals surface area (Å²) in [5.41, 5.74) is 1.35. The molecule has 1 aromatic heterocycles. The SMILES string of the molecule is N#Cc1nccnc1NCC(=O)NCCc1ccccc1. The minimum atomic E-state index is -0.152. The van der Waals surface area contributed by atoms with E-state index in [1.54, 1.807) is 0 Å². The normalized spacial score (nSPS) is 9.67. The lowest BCUT2D eigenvalue weighted by Gasteiger charge is -2.07. The van der Waals surface area contributed by atoms with Crippen LogP contribution in [0.4, 0.5) is 5.82 Å². The third-order valence-electron chi connectivity index (χ3n) is 2.80. The van der Waals surface area contributed by atoms with Gasteiger partial charge in [0.2, 0.25) is 5.91 Å². The zero-order valence-electron chi connectivity index (χ0n) is 11.4. The molecule has 0 radical (unpaired) electrons. The molecule has 0 aliphatic heterocycles. The van der Waals surface area contributed by atoms with E-state index in [1.165, 1.54) is 18.0 Å². The molecule has 0 spiro atoms. The van der Waals surface area contributed by atoms with Crippen LogP contribution < -0.4 is 10.6 Å². The molecule has 0 aliphatic carbocycles. The minimum Gasteiger partial charge on any atom is -0.359 e. The number of amides is 1. The average molecular weight is 281 g/mol. The first kappa shape index (κ1) is 14.5. The van der Waals surface area contributed by atoms with Gasteiger partial charge in [-0.05, 0) is 12.0 Å². The molecular weight excluding hydrogens is 266 g/mol. The van der Waals surface area contributed by atoms with Crippen molar-refractivity contribution in [3.05, 3.63) is 54.0 Å². The first-order valence-electron chi connectivity index (χ1n) is 6.55. The second-order valence-electron chi connectivity index (χ2n) is 4.30. The van der Waals surface area contributed by atoms with Crippen LogP contribution in [0.5, 0.6) is 0 Å². The molecule has 2 N–H and O–H groups in total. The van der Waals surface area contributed by atoms with Gasteiger partial charge in [0.25, 0.3) is 0 Å². The fraction of sp³-hybridized carbons (Fsp3) is 0.200. The highest BCUT2D eigenvalue weighted by Crippen LogP contribution is 2.05. The molecule has 1 aromatic carbocycles. The van der Waals surface area contributed by atoms with Crippen LogP contribution >= 0.6 is 0 Å². The van der Waals surface area contributed by atoms with Gasteiger partial charge in [-0.15, -0.1) is 0 Å². The number of carbonyl (C=O) groups excluding carboxylic acids is 1. The summed E-state index contributed by atoms with van der Waals surface area (Å²) in [6.45, 7) is 0.623. The Labute approximate surface area is 122 Å². The van der Waals surface area contributed by atoms with Crippen molar-refractivity contribution < 1.29 is 4.79 Å². The molecule has 6 nitrogen and oxygen atoms in total. The third kappa shape index (κ3) is 4.58. The quantitative estimate of drug-likeness (QED) is 0.828. The van der Waals surface area contributed by atoms with Crippen LogP contribution in [0.2, 0.25) is 0 Å². The van der Waals surface area contributed by atoms with Crippen LogP contribution in [0.3, 0.4) is 0 Å². The lowest BCUT2D eigenvalue weighted by molar-refractivity contribution is -0.119. The molecule has 0 fully saturated rings. The van der Waals surface area contributed by atoms with E-state index in [4.69, 9.17) is 5.26 Å². The Morgan fingerprint density at radius 3 is 2.71 bits per heavy atom. The van der Waals surface area contributed by atoms with E-state index < -0.39 is 0 Å². The second-order valence-corrected chi connectivity index (χ2v) is 4.30. The van der Waals surface area contributed by atoms with Crippen molar-refractivity contribution in [1.82, 2.24) is 15.3 Å². The highest BCUT2D eigenvalue weighted by molar-refractivity contribution is 5.80. The first-order valence-corrected chi connectivity index (χ1v) is 6.55. The van der Waals surface area contributed by atoms with Gasteiger partial charge in [0, 0.05) is 18.9 Å². The molecule has 0 saturated carbocycles. The summed E-state index contributed by atoms with van der Waals surface area (Å²) in [6, 6.07) is 11.8. The van der Waals surface area contributed by atoms with E-state index in [9.17, 15) is 4.79 Å². The number of aromatic nitrogens is 2. The van der Waals surface area contributed by atoms with E-state index in [2.05, 4.69) is 20.6 Å². The Bertz CT molecular complexity index is 636. The highest BCUT2D eigenvalue weighted by atomic mass is 16.1. The maximum absolute atomic E-state index is 11.7. The van der Waals surface area contributed by atoms with Crippen LogP contribution in [-0.2, 0) is 11.2 Å². The second kappa shape index (κ2) is 7.60. The molecule has 0 aliphatic rings. The molecule has 0 saturated heterocycles. The molecule has 21 heavy (non-hydrogen) atoms.